The van der Waals surface area contributed by atoms with Gasteiger partial charge in [-0.1, -0.05) is 24.3 Å². The van der Waals surface area contributed by atoms with Gasteiger partial charge >= 0.3 is 0 Å². The Bertz CT molecular complexity index is 560. The smallest absolute Gasteiger partial charge is 0.239 e. The summed E-state index contributed by atoms with van der Waals surface area (Å²) in [5, 5.41) is 5.18. The first kappa shape index (κ1) is 12.5. The Morgan fingerprint density at radius 2 is 2.00 bits per heavy atom. The Kier molecular flexibility index (Phi) is 3.58. The van der Waals surface area contributed by atoms with Crippen LogP contribution in [0.15, 0.2) is 36.7 Å². The second kappa shape index (κ2) is 5.14. The molecule has 4 heteroatoms. The highest BCUT2D eigenvalue weighted by atomic mass is 16.1. The number of nitrogens with two attached hydrogens (primary N) is 1. The third-order valence-corrected chi connectivity index (χ3v) is 2.79. The summed E-state index contributed by atoms with van der Waals surface area (Å²) < 4.78 is 0. The van der Waals surface area contributed by atoms with Crippen molar-refractivity contribution in [3.05, 3.63) is 42.2 Å². The van der Waals surface area contributed by atoms with Crippen molar-refractivity contribution in [2.45, 2.75) is 25.9 Å². The van der Waals surface area contributed by atoms with Crippen molar-refractivity contribution in [2.75, 3.05) is 0 Å². The highest BCUT2D eigenvalue weighted by Crippen LogP contribution is 2.23. The van der Waals surface area contributed by atoms with Crippen LogP contribution in [0.25, 0.3) is 10.8 Å². The Morgan fingerprint density at radius 3 is 2.67 bits per heavy atom. The van der Waals surface area contributed by atoms with Gasteiger partial charge in [0.2, 0.25) is 5.91 Å². The summed E-state index contributed by atoms with van der Waals surface area (Å²) in [7, 11) is 0. The molecule has 1 amide bonds. The van der Waals surface area contributed by atoms with E-state index in [0.29, 0.717) is 0 Å². The average Bonchev–Trinajstić information content (AvgIpc) is 2.35. The molecule has 2 aromatic rings. The predicted octanol–water partition coefficient (Wildman–Crippen LogP) is 1.76. The SMILES string of the molecule is CC(C)NC(C(N)=O)c1cncc2ccccc12. The van der Waals surface area contributed by atoms with Crippen LogP contribution < -0.4 is 11.1 Å². The van der Waals surface area contributed by atoms with Gasteiger partial charge in [0.05, 0.1) is 0 Å². The lowest BCUT2D eigenvalue weighted by molar-refractivity contribution is -0.120. The molecular weight excluding hydrogens is 226 g/mol. The first-order valence-electron chi connectivity index (χ1n) is 5.97. The van der Waals surface area contributed by atoms with Gasteiger partial charge in [-0.15, -0.1) is 0 Å². The van der Waals surface area contributed by atoms with Gasteiger partial charge in [0, 0.05) is 29.4 Å². The van der Waals surface area contributed by atoms with Gasteiger partial charge in [-0.2, -0.15) is 0 Å². The highest BCUT2D eigenvalue weighted by Gasteiger charge is 2.20. The zero-order valence-electron chi connectivity index (χ0n) is 10.6. The molecule has 0 aliphatic heterocycles. The number of fused-ring (bicyclic) bond motifs is 1. The third kappa shape index (κ3) is 2.49. The van der Waals surface area contributed by atoms with Crippen molar-refractivity contribution < 1.29 is 4.79 Å². The van der Waals surface area contributed by atoms with Crippen LogP contribution >= 0.6 is 0 Å². The monoisotopic (exact) mass is 243 g/mol. The molecule has 1 unspecified atom stereocenters. The predicted molar refractivity (Wildman–Crippen MR) is 72.0 cm³/mol. The number of hydrogen-bond donors (Lipinski definition) is 2. The highest BCUT2D eigenvalue weighted by molar-refractivity contribution is 5.91. The van der Waals surface area contributed by atoms with Gasteiger partial charge in [-0.3, -0.25) is 15.1 Å². The summed E-state index contributed by atoms with van der Waals surface area (Å²) >= 11 is 0. The van der Waals surface area contributed by atoms with Crippen LogP contribution in [0.2, 0.25) is 0 Å². The van der Waals surface area contributed by atoms with E-state index in [-0.39, 0.29) is 11.9 Å². The number of rotatable bonds is 4. The molecule has 0 aliphatic rings. The van der Waals surface area contributed by atoms with E-state index in [0.717, 1.165) is 16.3 Å². The number of nitrogens with one attached hydrogen (secondary N) is 1. The molecule has 4 nitrogen and oxygen atoms in total. The van der Waals surface area contributed by atoms with Gasteiger partial charge in [0.25, 0.3) is 0 Å². The number of carbonyl (C=O) groups excluding carboxylic acids is 1. The summed E-state index contributed by atoms with van der Waals surface area (Å²) in [5.74, 6) is -0.387. The molecule has 2 rings (SSSR count). The van der Waals surface area contributed by atoms with Crippen LogP contribution in [0.5, 0.6) is 0 Å². The molecule has 0 saturated carbocycles. The largest absolute Gasteiger partial charge is 0.368 e. The van der Waals surface area contributed by atoms with Gasteiger partial charge in [-0.05, 0) is 19.2 Å². The van der Waals surface area contributed by atoms with Gasteiger partial charge < -0.3 is 5.73 Å². The molecule has 3 N–H and O–H groups in total. The van der Waals surface area contributed by atoms with E-state index in [2.05, 4.69) is 10.3 Å². The van der Waals surface area contributed by atoms with Gasteiger partial charge in [0.1, 0.15) is 6.04 Å². The molecule has 0 aliphatic carbocycles. The number of nitrogens with zero attached hydrogens (tertiary/aromatic N) is 1. The van der Waals surface area contributed by atoms with Crippen LogP contribution in [-0.4, -0.2) is 16.9 Å². The van der Waals surface area contributed by atoms with Crippen molar-refractivity contribution >= 4 is 16.7 Å². The second-order valence-corrected chi connectivity index (χ2v) is 4.61. The molecule has 1 aromatic carbocycles. The first-order chi connectivity index (χ1) is 8.59. The Labute approximate surface area is 106 Å². The fourth-order valence-electron chi connectivity index (χ4n) is 2.03. The molecule has 1 aromatic heterocycles. The maximum absolute atomic E-state index is 11.6. The lowest BCUT2D eigenvalue weighted by Crippen LogP contribution is -2.37. The van der Waals surface area contributed by atoms with E-state index in [4.69, 9.17) is 5.73 Å². The summed E-state index contributed by atoms with van der Waals surface area (Å²) in [5.41, 5.74) is 6.31. The van der Waals surface area contributed by atoms with Crippen LogP contribution in [0.4, 0.5) is 0 Å². The summed E-state index contributed by atoms with van der Waals surface area (Å²) in [6, 6.07) is 7.50. The van der Waals surface area contributed by atoms with E-state index < -0.39 is 6.04 Å². The maximum Gasteiger partial charge on any atom is 0.239 e. The number of benzene rings is 1. The number of pyridine rings is 1. The number of carbonyl (C=O) groups is 1. The van der Waals surface area contributed by atoms with Crippen LogP contribution in [0.3, 0.4) is 0 Å². The summed E-state index contributed by atoms with van der Waals surface area (Å²) in [6.45, 7) is 3.96. The minimum atomic E-state index is -0.511. The number of hydrogen-bond acceptors (Lipinski definition) is 3. The summed E-state index contributed by atoms with van der Waals surface area (Å²) in [4.78, 5) is 15.8. The van der Waals surface area contributed by atoms with Gasteiger partial charge in [0.15, 0.2) is 0 Å². The normalized spacial score (nSPS) is 12.8. The van der Waals surface area contributed by atoms with Crippen LogP contribution in [0, 0.1) is 0 Å². The fraction of sp³-hybridized carbons (Fsp3) is 0.286. The van der Waals surface area contributed by atoms with Crippen molar-refractivity contribution in [3.8, 4) is 0 Å². The van der Waals surface area contributed by atoms with Crippen molar-refractivity contribution in [1.82, 2.24) is 10.3 Å². The molecular formula is C14H17N3O. The fourth-order valence-corrected chi connectivity index (χ4v) is 2.03. The third-order valence-electron chi connectivity index (χ3n) is 2.79. The molecule has 1 heterocycles. The maximum atomic E-state index is 11.6. The van der Waals surface area contributed by atoms with Crippen molar-refractivity contribution in [2.24, 2.45) is 5.73 Å². The molecule has 1 atom stereocenters. The molecule has 94 valence electrons. The van der Waals surface area contributed by atoms with E-state index in [1.54, 1.807) is 12.4 Å². The molecule has 18 heavy (non-hydrogen) atoms. The van der Waals surface area contributed by atoms with E-state index in [1.807, 2.05) is 38.1 Å². The van der Waals surface area contributed by atoms with Crippen LogP contribution in [-0.2, 0) is 4.79 Å². The standard InChI is InChI=1S/C14H17N3O/c1-9(2)17-13(14(15)18)12-8-16-7-10-5-3-4-6-11(10)12/h3-9,13,17H,1-2H3,(H2,15,18). The molecule has 0 fully saturated rings. The first-order valence-corrected chi connectivity index (χ1v) is 5.97. The molecule has 0 spiro atoms. The quantitative estimate of drug-likeness (QED) is 0.859. The lowest BCUT2D eigenvalue weighted by atomic mass is 10.0. The molecule has 0 saturated heterocycles. The van der Waals surface area contributed by atoms with Crippen molar-refractivity contribution in [3.63, 3.8) is 0 Å². The van der Waals surface area contributed by atoms with Crippen LogP contribution in [0.1, 0.15) is 25.5 Å². The van der Waals surface area contributed by atoms with E-state index >= 15 is 0 Å². The topological polar surface area (TPSA) is 68.0 Å². The molecule has 0 bridgehead atoms. The van der Waals surface area contributed by atoms with E-state index in [1.165, 1.54) is 0 Å². The summed E-state index contributed by atoms with van der Waals surface area (Å²) in [6.07, 6.45) is 3.49. The number of primary amides is 1. The second-order valence-electron chi connectivity index (χ2n) is 4.61. The minimum Gasteiger partial charge on any atom is -0.368 e. The van der Waals surface area contributed by atoms with E-state index in [9.17, 15) is 4.79 Å². The average molecular weight is 243 g/mol. The lowest BCUT2D eigenvalue weighted by Gasteiger charge is -2.19. The Balaban J connectivity index is 2.53. The Hall–Kier alpha value is -1.94. The minimum absolute atomic E-state index is 0.168. The Morgan fingerprint density at radius 1 is 1.28 bits per heavy atom. The number of aromatic nitrogens is 1. The molecule has 0 radical (unpaired) electrons. The zero-order chi connectivity index (χ0) is 13.1. The zero-order valence-corrected chi connectivity index (χ0v) is 10.6. The van der Waals surface area contributed by atoms with Gasteiger partial charge in [-0.25, -0.2) is 0 Å². The van der Waals surface area contributed by atoms with Crippen molar-refractivity contribution in [1.29, 1.82) is 0 Å². The number of amides is 1.